The highest BCUT2D eigenvalue weighted by atomic mass is 35.5. The Morgan fingerprint density at radius 2 is 1.30 bits per heavy atom. The van der Waals surface area contributed by atoms with Crippen molar-refractivity contribution >= 4 is 58.0 Å². The lowest BCUT2D eigenvalue weighted by Gasteiger charge is -2.14. The van der Waals surface area contributed by atoms with Gasteiger partial charge in [-0.1, -0.05) is 58.0 Å². The molecular weight excluding hydrogens is 367 g/mol. The van der Waals surface area contributed by atoms with Crippen LogP contribution in [0.1, 0.15) is 6.92 Å². The Hall–Kier alpha value is 0.390. The molecule has 1 aromatic rings. The first-order valence-electron chi connectivity index (χ1n) is 5.93. The number of nitrogens with one attached hydrogen (secondary N) is 1. The van der Waals surface area contributed by atoms with Crippen LogP contribution in [0.2, 0.25) is 25.1 Å². The van der Waals surface area contributed by atoms with Gasteiger partial charge in [0.1, 0.15) is 16.7 Å². The highest BCUT2D eigenvalue weighted by molar-refractivity contribution is 6.55. The second-order valence-electron chi connectivity index (χ2n) is 3.69. The monoisotopic (exact) mass is 379 g/mol. The molecule has 0 saturated carbocycles. The molecule has 3 nitrogen and oxygen atoms in total. The van der Waals surface area contributed by atoms with Gasteiger partial charge in [-0.05, 0) is 6.92 Å². The van der Waals surface area contributed by atoms with Gasteiger partial charge in [0.2, 0.25) is 0 Å². The van der Waals surface area contributed by atoms with E-state index < -0.39 is 0 Å². The number of ether oxygens (including phenoxy) is 2. The van der Waals surface area contributed by atoms with Crippen LogP contribution in [0.4, 0.5) is 0 Å². The second kappa shape index (κ2) is 9.42. The van der Waals surface area contributed by atoms with Crippen LogP contribution in [0.3, 0.4) is 0 Å². The normalized spacial score (nSPS) is 10.9. The summed E-state index contributed by atoms with van der Waals surface area (Å²) < 4.78 is 10.7. The number of hydrogen-bond donors (Lipinski definition) is 1. The molecule has 0 unspecified atom stereocenters. The molecule has 0 spiro atoms. The molecule has 0 radical (unpaired) electrons. The smallest absolute Gasteiger partial charge is 0.159 e. The average molecular weight is 382 g/mol. The molecule has 20 heavy (non-hydrogen) atoms. The largest absolute Gasteiger partial charge is 0.489 e. The lowest BCUT2D eigenvalue weighted by molar-refractivity contribution is 0.148. The molecule has 0 amide bonds. The minimum absolute atomic E-state index is 0.116. The molecule has 0 saturated heterocycles. The fourth-order valence-electron chi connectivity index (χ4n) is 1.35. The Labute approximate surface area is 143 Å². The van der Waals surface area contributed by atoms with E-state index in [1.165, 1.54) is 0 Å². The van der Waals surface area contributed by atoms with Gasteiger partial charge in [0.25, 0.3) is 0 Å². The molecule has 1 rings (SSSR count). The van der Waals surface area contributed by atoms with E-state index in [0.717, 1.165) is 6.54 Å². The molecule has 0 aliphatic rings. The maximum Gasteiger partial charge on any atom is 0.159 e. The third-order valence-electron chi connectivity index (χ3n) is 2.32. The van der Waals surface area contributed by atoms with E-state index in [1.807, 2.05) is 6.92 Å². The summed E-state index contributed by atoms with van der Waals surface area (Å²) in [6.07, 6.45) is 0. The number of rotatable bonds is 8. The minimum atomic E-state index is 0.116. The van der Waals surface area contributed by atoms with Gasteiger partial charge >= 0.3 is 0 Å². The Morgan fingerprint density at radius 1 is 0.800 bits per heavy atom. The van der Waals surface area contributed by atoms with Crippen LogP contribution in [0.25, 0.3) is 0 Å². The Balaban J connectivity index is 2.52. The van der Waals surface area contributed by atoms with E-state index in [0.29, 0.717) is 26.4 Å². The third kappa shape index (κ3) is 4.99. The van der Waals surface area contributed by atoms with E-state index in [1.54, 1.807) is 0 Å². The zero-order chi connectivity index (χ0) is 15.1. The van der Waals surface area contributed by atoms with Crippen LogP contribution in [-0.4, -0.2) is 32.9 Å². The van der Waals surface area contributed by atoms with Crippen LogP contribution in [-0.2, 0) is 4.74 Å². The Morgan fingerprint density at radius 3 is 1.85 bits per heavy atom. The van der Waals surface area contributed by atoms with Crippen LogP contribution in [0.15, 0.2) is 0 Å². The topological polar surface area (TPSA) is 30.5 Å². The molecule has 114 valence electrons. The first kappa shape index (κ1) is 18.4. The van der Waals surface area contributed by atoms with Crippen molar-refractivity contribution in [2.24, 2.45) is 0 Å². The van der Waals surface area contributed by atoms with Crippen molar-refractivity contribution in [2.75, 3.05) is 32.9 Å². The van der Waals surface area contributed by atoms with Gasteiger partial charge in [-0.25, -0.2) is 0 Å². The first-order valence-corrected chi connectivity index (χ1v) is 7.82. The molecule has 0 aliphatic heterocycles. The summed E-state index contributed by atoms with van der Waals surface area (Å²) in [4.78, 5) is 0. The zero-order valence-electron chi connectivity index (χ0n) is 10.7. The van der Waals surface area contributed by atoms with Crippen molar-refractivity contribution in [3.63, 3.8) is 0 Å². The van der Waals surface area contributed by atoms with Crippen molar-refractivity contribution in [3.05, 3.63) is 25.1 Å². The van der Waals surface area contributed by atoms with Crippen molar-refractivity contribution in [1.82, 2.24) is 5.32 Å². The van der Waals surface area contributed by atoms with Crippen molar-refractivity contribution in [2.45, 2.75) is 6.92 Å². The first-order chi connectivity index (χ1) is 9.50. The van der Waals surface area contributed by atoms with Crippen LogP contribution in [0.5, 0.6) is 5.75 Å². The van der Waals surface area contributed by atoms with Crippen LogP contribution < -0.4 is 10.1 Å². The number of benzene rings is 1. The molecule has 0 bridgehead atoms. The Bertz CT molecular complexity index is 427. The molecular formula is C12H14Cl5NO2. The summed E-state index contributed by atoms with van der Waals surface area (Å²) >= 11 is 29.8. The maximum atomic E-state index is 6.03. The predicted molar refractivity (Wildman–Crippen MR) is 86.3 cm³/mol. The SMILES string of the molecule is CCOCCNCCOc1c(Cl)c(Cl)c(Cl)c(Cl)c1Cl. The quantitative estimate of drug-likeness (QED) is 0.392. The number of hydrogen-bond acceptors (Lipinski definition) is 3. The van der Waals surface area contributed by atoms with E-state index in [2.05, 4.69) is 5.32 Å². The van der Waals surface area contributed by atoms with Crippen molar-refractivity contribution in [1.29, 1.82) is 0 Å². The minimum Gasteiger partial charge on any atom is -0.489 e. The van der Waals surface area contributed by atoms with Gasteiger partial charge in [-0.2, -0.15) is 0 Å². The summed E-state index contributed by atoms with van der Waals surface area (Å²) in [6.45, 7) is 5.00. The van der Waals surface area contributed by atoms with Crippen molar-refractivity contribution < 1.29 is 9.47 Å². The third-order valence-corrected chi connectivity index (χ3v) is 4.56. The summed E-state index contributed by atoms with van der Waals surface area (Å²) in [5.41, 5.74) is 0. The summed E-state index contributed by atoms with van der Waals surface area (Å²) in [7, 11) is 0. The molecule has 0 heterocycles. The maximum absolute atomic E-state index is 6.03. The molecule has 1 aromatic carbocycles. The molecule has 8 heteroatoms. The highest BCUT2D eigenvalue weighted by Gasteiger charge is 2.20. The zero-order valence-corrected chi connectivity index (χ0v) is 14.5. The average Bonchev–Trinajstić information content (AvgIpc) is 2.45. The Kier molecular flexibility index (Phi) is 8.68. The number of halogens is 5. The van der Waals surface area contributed by atoms with E-state index in [9.17, 15) is 0 Å². The van der Waals surface area contributed by atoms with Gasteiger partial charge in [0.15, 0.2) is 5.75 Å². The van der Waals surface area contributed by atoms with Crippen LogP contribution >= 0.6 is 58.0 Å². The predicted octanol–water partition coefficient (Wildman–Crippen LogP) is 4.96. The van der Waals surface area contributed by atoms with E-state index in [-0.39, 0.29) is 30.9 Å². The lowest BCUT2D eigenvalue weighted by atomic mass is 10.3. The van der Waals surface area contributed by atoms with Crippen molar-refractivity contribution in [3.8, 4) is 5.75 Å². The van der Waals surface area contributed by atoms with E-state index in [4.69, 9.17) is 67.5 Å². The summed E-state index contributed by atoms with van der Waals surface area (Å²) in [5, 5.41) is 3.82. The molecule has 0 fully saturated rings. The molecule has 0 aliphatic carbocycles. The standard InChI is InChI=1S/C12H14Cl5NO2/c1-2-19-5-3-18-4-6-20-12-10(16)8(14)7(13)9(15)11(12)17/h18H,2-6H2,1H3. The summed E-state index contributed by atoms with van der Waals surface area (Å²) in [6, 6.07) is 0. The van der Waals surface area contributed by atoms with Gasteiger partial charge in [0.05, 0.1) is 21.7 Å². The molecule has 1 N–H and O–H groups in total. The highest BCUT2D eigenvalue weighted by Crippen LogP contribution is 2.48. The second-order valence-corrected chi connectivity index (χ2v) is 5.58. The molecule has 0 atom stereocenters. The lowest BCUT2D eigenvalue weighted by Crippen LogP contribution is -2.25. The fourth-order valence-corrected chi connectivity index (χ4v) is 2.58. The van der Waals surface area contributed by atoms with Gasteiger partial charge in [0, 0.05) is 19.7 Å². The fraction of sp³-hybridized carbons (Fsp3) is 0.500. The van der Waals surface area contributed by atoms with Gasteiger partial charge in [-0.15, -0.1) is 0 Å². The van der Waals surface area contributed by atoms with Gasteiger partial charge in [-0.3, -0.25) is 0 Å². The molecule has 0 aromatic heterocycles. The van der Waals surface area contributed by atoms with Gasteiger partial charge < -0.3 is 14.8 Å². The summed E-state index contributed by atoms with van der Waals surface area (Å²) in [5.74, 6) is 0.236. The van der Waals surface area contributed by atoms with Crippen LogP contribution in [0, 0.1) is 0 Å². The van der Waals surface area contributed by atoms with E-state index >= 15 is 0 Å².